The van der Waals surface area contributed by atoms with Crippen molar-refractivity contribution in [2.45, 2.75) is 6.42 Å². The fraction of sp³-hybridized carbons (Fsp3) is 0.364. The smallest absolute Gasteiger partial charge is 0.226 e. The molecule has 3 heterocycles. The van der Waals surface area contributed by atoms with Crippen molar-refractivity contribution in [3.05, 3.63) is 18.5 Å². The number of hydrogen-bond donors (Lipinski definition) is 3. The van der Waals surface area contributed by atoms with Gasteiger partial charge < -0.3 is 15.6 Å². The molecule has 0 unspecified atom stereocenters. The van der Waals surface area contributed by atoms with E-state index in [9.17, 15) is 0 Å². The molecule has 0 spiro atoms. The van der Waals surface area contributed by atoms with E-state index in [2.05, 4.69) is 40.7 Å². The lowest BCUT2D eigenvalue weighted by Gasteiger charge is -2.06. The van der Waals surface area contributed by atoms with Crippen molar-refractivity contribution < 1.29 is 0 Å². The Labute approximate surface area is 114 Å². The third-order valence-electron chi connectivity index (χ3n) is 2.80. The molecule has 0 aromatic carbocycles. The SMILES string of the molecule is CNc1nc(NCCc2ncn(C)n2)c2[nH]cnc2n1. The molecule has 0 fully saturated rings. The van der Waals surface area contributed by atoms with Crippen molar-refractivity contribution in [2.24, 2.45) is 7.05 Å². The molecule has 0 amide bonds. The summed E-state index contributed by atoms with van der Waals surface area (Å²) in [6.07, 6.45) is 4.01. The maximum Gasteiger partial charge on any atom is 0.226 e. The Kier molecular flexibility index (Phi) is 3.15. The highest BCUT2D eigenvalue weighted by atomic mass is 15.3. The third kappa shape index (κ3) is 2.37. The Bertz CT molecular complexity index is 714. The van der Waals surface area contributed by atoms with E-state index < -0.39 is 0 Å². The summed E-state index contributed by atoms with van der Waals surface area (Å²) in [5.41, 5.74) is 1.42. The lowest BCUT2D eigenvalue weighted by molar-refractivity contribution is 0.742. The lowest BCUT2D eigenvalue weighted by Crippen LogP contribution is -2.10. The van der Waals surface area contributed by atoms with E-state index in [1.54, 1.807) is 24.4 Å². The van der Waals surface area contributed by atoms with Gasteiger partial charge in [-0.15, -0.1) is 0 Å². The van der Waals surface area contributed by atoms with Gasteiger partial charge in [0.25, 0.3) is 0 Å². The van der Waals surface area contributed by atoms with E-state index in [0.29, 0.717) is 24.0 Å². The first-order valence-corrected chi connectivity index (χ1v) is 6.23. The van der Waals surface area contributed by atoms with Gasteiger partial charge in [-0.25, -0.2) is 9.97 Å². The molecular weight excluding hydrogens is 258 g/mol. The van der Waals surface area contributed by atoms with Crippen molar-refractivity contribution >= 4 is 22.9 Å². The molecule has 3 aromatic heterocycles. The highest BCUT2D eigenvalue weighted by molar-refractivity contribution is 5.83. The van der Waals surface area contributed by atoms with E-state index in [-0.39, 0.29) is 0 Å². The monoisotopic (exact) mass is 273 g/mol. The predicted octanol–water partition coefficient (Wildman–Crippen LogP) is 0.178. The molecule has 20 heavy (non-hydrogen) atoms. The molecule has 0 radical (unpaired) electrons. The fourth-order valence-electron chi connectivity index (χ4n) is 1.86. The molecule has 0 aliphatic heterocycles. The predicted molar refractivity (Wildman–Crippen MR) is 74.4 cm³/mol. The molecule has 0 atom stereocenters. The van der Waals surface area contributed by atoms with Crippen molar-refractivity contribution in [3.63, 3.8) is 0 Å². The van der Waals surface area contributed by atoms with Gasteiger partial charge in [0, 0.05) is 27.1 Å². The molecule has 104 valence electrons. The number of hydrogen-bond acceptors (Lipinski definition) is 7. The van der Waals surface area contributed by atoms with Crippen LogP contribution in [0.4, 0.5) is 11.8 Å². The summed E-state index contributed by atoms with van der Waals surface area (Å²) < 4.78 is 1.69. The second-order valence-corrected chi connectivity index (χ2v) is 4.26. The second kappa shape index (κ2) is 5.11. The summed E-state index contributed by atoms with van der Waals surface area (Å²) in [5.74, 6) is 2.04. The van der Waals surface area contributed by atoms with Crippen molar-refractivity contribution in [3.8, 4) is 0 Å². The number of fused-ring (bicyclic) bond motifs is 1. The average molecular weight is 273 g/mol. The molecular formula is C11H15N9. The molecule has 3 N–H and O–H groups in total. The summed E-state index contributed by atoms with van der Waals surface area (Å²) in [5, 5.41) is 10.4. The van der Waals surface area contributed by atoms with E-state index in [4.69, 9.17) is 0 Å². The minimum absolute atomic E-state index is 0.531. The van der Waals surface area contributed by atoms with Gasteiger partial charge in [-0.05, 0) is 0 Å². The Morgan fingerprint density at radius 3 is 2.95 bits per heavy atom. The quantitative estimate of drug-likeness (QED) is 0.608. The van der Waals surface area contributed by atoms with Gasteiger partial charge in [-0.3, -0.25) is 4.68 Å². The fourth-order valence-corrected chi connectivity index (χ4v) is 1.86. The maximum atomic E-state index is 4.38. The zero-order valence-electron chi connectivity index (χ0n) is 11.3. The van der Waals surface area contributed by atoms with Crippen LogP contribution in [0.25, 0.3) is 11.2 Å². The standard InChI is InChI=1S/C11H15N9/c1-12-11-17-9(8-10(18-11)15-5-14-8)13-4-3-7-16-6-20(2)19-7/h5-6H,3-4H2,1-2H3,(H3,12,13,14,15,17,18). The summed E-state index contributed by atoms with van der Waals surface area (Å²) >= 11 is 0. The summed E-state index contributed by atoms with van der Waals surface area (Å²) in [7, 11) is 3.62. The van der Waals surface area contributed by atoms with Crippen molar-refractivity contribution in [1.29, 1.82) is 0 Å². The normalized spacial score (nSPS) is 10.9. The molecule has 3 rings (SSSR count). The summed E-state index contributed by atoms with van der Waals surface area (Å²) in [4.78, 5) is 20.0. The van der Waals surface area contributed by atoms with Gasteiger partial charge in [-0.2, -0.15) is 15.1 Å². The highest BCUT2D eigenvalue weighted by Crippen LogP contribution is 2.18. The van der Waals surface area contributed by atoms with Crippen molar-refractivity contribution in [1.82, 2.24) is 34.7 Å². The number of aromatic amines is 1. The first-order valence-electron chi connectivity index (χ1n) is 6.23. The van der Waals surface area contributed by atoms with E-state index in [1.807, 2.05) is 7.05 Å². The number of aryl methyl sites for hydroxylation is 1. The topological polar surface area (TPSA) is 109 Å². The first kappa shape index (κ1) is 12.3. The van der Waals surface area contributed by atoms with Crippen LogP contribution in [0.1, 0.15) is 5.82 Å². The Morgan fingerprint density at radius 2 is 2.20 bits per heavy atom. The zero-order valence-corrected chi connectivity index (χ0v) is 11.3. The van der Waals surface area contributed by atoms with Crippen LogP contribution >= 0.6 is 0 Å². The van der Waals surface area contributed by atoms with Crippen LogP contribution in [0.5, 0.6) is 0 Å². The van der Waals surface area contributed by atoms with Gasteiger partial charge in [0.15, 0.2) is 17.3 Å². The van der Waals surface area contributed by atoms with Crippen molar-refractivity contribution in [2.75, 3.05) is 24.2 Å². The number of imidazole rings is 1. The van der Waals surface area contributed by atoms with Crippen LogP contribution in [0, 0.1) is 0 Å². The van der Waals surface area contributed by atoms with Crippen LogP contribution in [-0.2, 0) is 13.5 Å². The number of anilines is 2. The molecule has 9 heteroatoms. The van der Waals surface area contributed by atoms with Gasteiger partial charge in [0.05, 0.1) is 6.33 Å². The molecule has 0 saturated carbocycles. The molecule has 3 aromatic rings. The minimum Gasteiger partial charge on any atom is -0.368 e. The largest absolute Gasteiger partial charge is 0.368 e. The lowest BCUT2D eigenvalue weighted by atomic mass is 10.4. The van der Waals surface area contributed by atoms with Gasteiger partial charge in [0.1, 0.15) is 11.8 Å². The Hall–Kier alpha value is -2.71. The van der Waals surface area contributed by atoms with E-state index in [1.165, 1.54) is 0 Å². The Morgan fingerprint density at radius 1 is 1.30 bits per heavy atom. The molecule has 0 aliphatic rings. The van der Waals surface area contributed by atoms with Crippen LogP contribution in [0.15, 0.2) is 12.7 Å². The maximum absolute atomic E-state index is 4.38. The number of nitrogens with one attached hydrogen (secondary N) is 3. The average Bonchev–Trinajstić information content (AvgIpc) is 3.07. The van der Waals surface area contributed by atoms with Crippen LogP contribution in [0.2, 0.25) is 0 Å². The highest BCUT2D eigenvalue weighted by Gasteiger charge is 2.09. The summed E-state index contributed by atoms with van der Waals surface area (Å²) in [6.45, 7) is 0.679. The first-order chi connectivity index (χ1) is 9.76. The third-order valence-corrected chi connectivity index (χ3v) is 2.80. The Balaban J connectivity index is 1.74. The van der Waals surface area contributed by atoms with Crippen LogP contribution in [0.3, 0.4) is 0 Å². The number of nitrogens with zero attached hydrogens (tertiary/aromatic N) is 6. The van der Waals surface area contributed by atoms with Gasteiger partial charge in [0.2, 0.25) is 5.95 Å². The van der Waals surface area contributed by atoms with Crippen LogP contribution < -0.4 is 10.6 Å². The second-order valence-electron chi connectivity index (χ2n) is 4.26. The molecule has 0 aliphatic carbocycles. The van der Waals surface area contributed by atoms with E-state index >= 15 is 0 Å². The number of H-pyrrole nitrogens is 1. The molecule has 9 nitrogen and oxygen atoms in total. The van der Waals surface area contributed by atoms with E-state index in [0.717, 1.165) is 17.8 Å². The minimum atomic E-state index is 0.531. The molecule has 0 bridgehead atoms. The molecule has 0 saturated heterocycles. The zero-order chi connectivity index (χ0) is 13.9. The number of aromatic nitrogens is 7. The van der Waals surface area contributed by atoms with Crippen LogP contribution in [-0.4, -0.2) is 48.3 Å². The number of rotatable bonds is 5. The summed E-state index contributed by atoms with van der Waals surface area (Å²) in [6, 6.07) is 0. The van der Waals surface area contributed by atoms with Gasteiger partial charge >= 0.3 is 0 Å². The van der Waals surface area contributed by atoms with Gasteiger partial charge in [-0.1, -0.05) is 0 Å².